The first-order chi connectivity index (χ1) is 13.3. The monoisotopic (exact) mass is 362 g/mol. The SMILES string of the molecule is COc1ccc(Nc2nc(Nc3ccccc3)nc(N3CCCC3)n2)cc1. The van der Waals surface area contributed by atoms with E-state index in [4.69, 9.17) is 4.74 Å². The van der Waals surface area contributed by atoms with Gasteiger partial charge in [0.2, 0.25) is 17.8 Å². The molecular weight excluding hydrogens is 340 g/mol. The predicted octanol–water partition coefficient (Wildman–Crippen LogP) is 3.97. The summed E-state index contributed by atoms with van der Waals surface area (Å²) in [4.78, 5) is 16.0. The normalized spacial score (nSPS) is 13.4. The van der Waals surface area contributed by atoms with Gasteiger partial charge in [-0.05, 0) is 49.2 Å². The summed E-state index contributed by atoms with van der Waals surface area (Å²) in [6.07, 6.45) is 2.32. The number of hydrogen-bond donors (Lipinski definition) is 2. The van der Waals surface area contributed by atoms with Crippen LogP contribution in [0.5, 0.6) is 5.75 Å². The molecule has 1 aromatic heterocycles. The summed E-state index contributed by atoms with van der Waals surface area (Å²) in [5, 5.41) is 6.52. The number of nitrogens with zero attached hydrogens (tertiary/aromatic N) is 4. The van der Waals surface area contributed by atoms with Crippen molar-refractivity contribution in [2.24, 2.45) is 0 Å². The molecule has 0 atom stereocenters. The number of rotatable bonds is 6. The minimum atomic E-state index is 0.510. The second-order valence-electron chi connectivity index (χ2n) is 6.32. The lowest BCUT2D eigenvalue weighted by molar-refractivity contribution is 0.415. The fourth-order valence-electron chi connectivity index (χ4n) is 2.99. The largest absolute Gasteiger partial charge is 0.497 e. The number of anilines is 5. The Bertz CT molecular complexity index is 879. The fourth-order valence-corrected chi connectivity index (χ4v) is 2.99. The average Bonchev–Trinajstić information content (AvgIpc) is 3.24. The molecule has 0 spiro atoms. The Kier molecular flexibility index (Phi) is 5.00. The van der Waals surface area contributed by atoms with E-state index < -0.39 is 0 Å². The number of ether oxygens (including phenoxy) is 1. The van der Waals surface area contributed by atoms with Crippen LogP contribution in [0.15, 0.2) is 54.6 Å². The predicted molar refractivity (Wildman–Crippen MR) is 107 cm³/mol. The van der Waals surface area contributed by atoms with Crippen LogP contribution in [0.3, 0.4) is 0 Å². The van der Waals surface area contributed by atoms with Crippen molar-refractivity contribution in [3.8, 4) is 5.75 Å². The number of benzene rings is 2. The van der Waals surface area contributed by atoms with Gasteiger partial charge in [0.15, 0.2) is 0 Å². The summed E-state index contributed by atoms with van der Waals surface area (Å²) in [7, 11) is 1.65. The highest BCUT2D eigenvalue weighted by Gasteiger charge is 2.17. The molecule has 2 N–H and O–H groups in total. The fraction of sp³-hybridized carbons (Fsp3) is 0.250. The maximum Gasteiger partial charge on any atom is 0.233 e. The van der Waals surface area contributed by atoms with Crippen LogP contribution in [-0.2, 0) is 0 Å². The van der Waals surface area contributed by atoms with Crippen LogP contribution >= 0.6 is 0 Å². The Morgan fingerprint density at radius 2 is 1.37 bits per heavy atom. The van der Waals surface area contributed by atoms with Crippen molar-refractivity contribution < 1.29 is 4.74 Å². The number of methoxy groups -OCH3 is 1. The lowest BCUT2D eigenvalue weighted by atomic mass is 10.3. The van der Waals surface area contributed by atoms with Crippen molar-refractivity contribution in [1.82, 2.24) is 15.0 Å². The standard InChI is InChI=1S/C20H22N6O/c1-27-17-11-9-16(10-12-17)22-19-23-18(21-15-7-3-2-4-8-15)24-20(25-19)26-13-5-6-14-26/h2-4,7-12H,5-6,13-14H2,1H3,(H2,21,22,23,24,25). The van der Waals surface area contributed by atoms with Crippen molar-refractivity contribution in [2.75, 3.05) is 35.7 Å². The summed E-state index contributed by atoms with van der Waals surface area (Å²) in [6, 6.07) is 17.5. The van der Waals surface area contributed by atoms with E-state index in [2.05, 4.69) is 30.5 Å². The van der Waals surface area contributed by atoms with Gasteiger partial charge in [0, 0.05) is 24.5 Å². The molecule has 0 saturated carbocycles. The van der Waals surface area contributed by atoms with Crippen molar-refractivity contribution in [2.45, 2.75) is 12.8 Å². The molecule has 3 aromatic rings. The number of hydrogen-bond acceptors (Lipinski definition) is 7. The van der Waals surface area contributed by atoms with Crippen LogP contribution in [0.25, 0.3) is 0 Å². The Morgan fingerprint density at radius 1 is 0.778 bits per heavy atom. The molecule has 0 unspecified atom stereocenters. The van der Waals surface area contributed by atoms with Crippen LogP contribution in [0, 0.1) is 0 Å². The van der Waals surface area contributed by atoms with E-state index in [0.29, 0.717) is 17.8 Å². The third-order valence-corrected chi connectivity index (χ3v) is 4.39. The van der Waals surface area contributed by atoms with Gasteiger partial charge in [-0.15, -0.1) is 0 Å². The van der Waals surface area contributed by atoms with Crippen LogP contribution in [0.1, 0.15) is 12.8 Å². The first-order valence-corrected chi connectivity index (χ1v) is 9.04. The molecule has 7 nitrogen and oxygen atoms in total. The van der Waals surface area contributed by atoms with E-state index in [1.165, 1.54) is 0 Å². The van der Waals surface area contributed by atoms with Gasteiger partial charge >= 0.3 is 0 Å². The molecule has 138 valence electrons. The first-order valence-electron chi connectivity index (χ1n) is 9.04. The van der Waals surface area contributed by atoms with Gasteiger partial charge in [-0.2, -0.15) is 15.0 Å². The van der Waals surface area contributed by atoms with Crippen LogP contribution < -0.4 is 20.3 Å². The van der Waals surface area contributed by atoms with E-state index >= 15 is 0 Å². The van der Waals surface area contributed by atoms with E-state index in [1.54, 1.807) is 7.11 Å². The molecule has 2 aromatic carbocycles. The Balaban J connectivity index is 1.62. The van der Waals surface area contributed by atoms with Gasteiger partial charge in [0.1, 0.15) is 5.75 Å². The minimum absolute atomic E-state index is 0.510. The highest BCUT2D eigenvalue weighted by Crippen LogP contribution is 2.23. The van der Waals surface area contributed by atoms with E-state index in [1.807, 2.05) is 54.6 Å². The molecule has 0 aliphatic carbocycles. The summed E-state index contributed by atoms with van der Waals surface area (Å²) in [5.41, 5.74) is 1.83. The van der Waals surface area contributed by atoms with Crippen molar-refractivity contribution in [3.63, 3.8) is 0 Å². The van der Waals surface area contributed by atoms with Gasteiger partial charge in [-0.1, -0.05) is 18.2 Å². The van der Waals surface area contributed by atoms with E-state index in [-0.39, 0.29) is 0 Å². The Morgan fingerprint density at radius 3 is 1.96 bits per heavy atom. The van der Waals surface area contributed by atoms with Gasteiger partial charge in [0.05, 0.1) is 7.11 Å². The first kappa shape index (κ1) is 17.1. The van der Waals surface area contributed by atoms with Crippen molar-refractivity contribution in [1.29, 1.82) is 0 Å². The molecule has 1 saturated heterocycles. The van der Waals surface area contributed by atoms with Crippen LogP contribution in [-0.4, -0.2) is 35.2 Å². The minimum Gasteiger partial charge on any atom is -0.497 e. The highest BCUT2D eigenvalue weighted by atomic mass is 16.5. The van der Waals surface area contributed by atoms with E-state index in [0.717, 1.165) is 43.1 Å². The van der Waals surface area contributed by atoms with Gasteiger partial charge in [-0.3, -0.25) is 0 Å². The average molecular weight is 362 g/mol. The van der Waals surface area contributed by atoms with Crippen LogP contribution in [0.2, 0.25) is 0 Å². The second-order valence-corrected chi connectivity index (χ2v) is 6.32. The third-order valence-electron chi connectivity index (χ3n) is 4.39. The molecule has 1 aliphatic heterocycles. The van der Waals surface area contributed by atoms with Crippen molar-refractivity contribution >= 4 is 29.2 Å². The number of aromatic nitrogens is 3. The molecular formula is C20H22N6O. The summed E-state index contributed by atoms with van der Waals surface area (Å²) < 4.78 is 5.21. The van der Waals surface area contributed by atoms with Crippen molar-refractivity contribution in [3.05, 3.63) is 54.6 Å². The zero-order chi connectivity index (χ0) is 18.5. The maximum atomic E-state index is 5.21. The smallest absolute Gasteiger partial charge is 0.233 e. The third kappa shape index (κ3) is 4.25. The Labute approximate surface area is 158 Å². The number of para-hydroxylation sites is 1. The maximum absolute atomic E-state index is 5.21. The molecule has 0 bridgehead atoms. The zero-order valence-electron chi connectivity index (χ0n) is 15.2. The number of nitrogens with one attached hydrogen (secondary N) is 2. The summed E-state index contributed by atoms with van der Waals surface area (Å²) >= 11 is 0. The zero-order valence-corrected chi connectivity index (χ0v) is 15.2. The Hall–Kier alpha value is -3.35. The molecule has 27 heavy (non-hydrogen) atoms. The lowest BCUT2D eigenvalue weighted by Gasteiger charge is -2.17. The van der Waals surface area contributed by atoms with Gasteiger partial charge < -0.3 is 20.3 Å². The van der Waals surface area contributed by atoms with Gasteiger partial charge in [-0.25, -0.2) is 0 Å². The molecule has 0 amide bonds. The molecule has 7 heteroatoms. The molecule has 4 rings (SSSR count). The lowest BCUT2D eigenvalue weighted by Crippen LogP contribution is -2.21. The molecule has 0 radical (unpaired) electrons. The quantitative estimate of drug-likeness (QED) is 0.687. The molecule has 1 fully saturated rings. The van der Waals surface area contributed by atoms with Gasteiger partial charge in [0.25, 0.3) is 0 Å². The topological polar surface area (TPSA) is 75.2 Å². The van der Waals surface area contributed by atoms with E-state index in [9.17, 15) is 0 Å². The molecule has 1 aliphatic rings. The molecule has 2 heterocycles. The highest BCUT2D eigenvalue weighted by molar-refractivity contribution is 5.60. The summed E-state index contributed by atoms with van der Waals surface area (Å²) in [6.45, 7) is 1.94. The summed E-state index contributed by atoms with van der Waals surface area (Å²) in [5.74, 6) is 2.53. The van der Waals surface area contributed by atoms with Crippen LogP contribution in [0.4, 0.5) is 29.2 Å². The second kappa shape index (κ2) is 7.90.